The number of allylic oxidation sites excluding steroid dienone is 1. The van der Waals surface area contributed by atoms with Crippen LogP contribution >= 0.6 is 0 Å². The Morgan fingerprint density at radius 1 is 0.375 bits per heavy atom. The van der Waals surface area contributed by atoms with E-state index in [-0.39, 0.29) is 18.5 Å². The quantitative estimate of drug-likeness (QED) is 0.0195. The zero-order valence-corrected chi connectivity index (χ0v) is 63.9. The minimum absolute atomic E-state index is 0.0245. The minimum Gasteiger partial charge on any atom is -0.466 e. The van der Waals surface area contributed by atoms with Crippen molar-refractivity contribution in [3.8, 4) is 0 Å². The van der Waals surface area contributed by atoms with Gasteiger partial charge in [0.15, 0.2) is 6.29 Å². The van der Waals surface area contributed by atoms with Crippen LogP contribution in [0.5, 0.6) is 0 Å². The highest BCUT2D eigenvalue weighted by molar-refractivity contribution is 5.76. The van der Waals surface area contributed by atoms with Crippen molar-refractivity contribution in [2.24, 2.45) is 0 Å². The molecular formula is C85H165NO10. The number of carbonyl (C=O) groups is 2. The van der Waals surface area contributed by atoms with E-state index >= 15 is 0 Å². The van der Waals surface area contributed by atoms with E-state index in [1.165, 1.54) is 379 Å². The molecule has 11 nitrogen and oxygen atoms in total. The smallest absolute Gasteiger partial charge is 0.305 e. The first-order valence-electron chi connectivity index (χ1n) is 43.0. The first kappa shape index (κ1) is 92.4. The van der Waals surface area contributed by atoms with Crippen LogP contribution in [0.2, 0.25) is 0 Å². The number of hydrogen-bond acceptors (Lipinski definition) is 10. The summed E-state index contributed by atoms with van der Waals surface area (Å²) in [6, 6.07) is -0.803. The number of nitrogens with one attached hydrogen (secondary N) is 1. The maximum atomic E-state index is 13.1. The van der Waals surface area contributed by atoms with Crippen molar-refractivity contribution in [2.75, 3.05) is 19.8 Å². The summed E-state index contributed by atoms with van der Waals surface area (Å²) >= 11 is 0. The summed E-state index contributed by atoms with van der Waals surface area (Å²) < 4.78 is 16.8. The molecule has 11 heteroatoms. The highest BCUT2D eigenvalue weighted by Crippen LogP contribution is 2.24. The van der Waals surface area contributed by atoms with Gasteiger partial charge >= 0.3 is 5.97 Å². The standard InChI is InChI=1S/C85H165NO10/c1-3-5-7-9-11-13-15-16-17-18-40-44-47-50-53-57-61-65-69-73-81(90)94-74-70-66-62-58-54-51-48-45-42-39-37-35-33-31-29-27-25-23-21-19-20-22-24-26-28-30-32-34-36-38-41-43-46-49-52-56-60-64-68-72-80(89)86-77(76-95-85-84(93)83(92)82(91)79(75-87)96-85)78(88)71-67-63-59-55-14-12-10-8-6-4-2/h67,71,77-79,82-85,87-88,91-93H,3-66,68-70,72-76H2,1-2H3,(H,86,89)/b71-67+. The van der Waals surface area contributed by atoms with Gasteiger partial charge in [-0.1, -0.05) is 424 Å². The number of rotatable bonds is 78. The Balaban J connectivity index is 1.81. The van der Waals surface area contributed by atoms with Gasteiger partial charge in [0.05, 0.1) is 32.0 Å². The monoisotopic (exact) mass is 1360 g/mol. The number of aliphatic hydroxyl groups excluding tert-OH is 5. The normalized spacial score (nSPS) is 17.3. The van der Waals surface area contributed by atoms with E-state index in [1.54, 1.807) is 6.08 Å². The highest BCUT2D eigenvalue weighted by atomic mass is 16.7. The third-order valence-electron chi connectivity index (χ3n) is 20.9. The number of carbonyl (C=O) groups excluding carboxylic acids is 2. The lowest BCUT2D eigenvalue weighted by Gasteiger charge is -2.40. The van der Waals surface area contributed by atoms with E-state index in [0.29, 0.717) is 19.4 Å². The van der Waals surface area contributed by atoms with Gasteiger partial charge in [0.1, 0.15) is 24.4 Å². The molecule has 0 radical (unpaired) electrons. The molecule has 0 aromatic carbocycles. The van der Waals surface area contributed by atoms with Gasteiger partial charge in [-0.05, 0) is 32.1 Å². The zero-order valence-electron chi connectivity index (χ0n) is 63.9. The Morgan fingerprint density at radius 3 is 0.969 bits per heavy atom. The van der Waals surface area contributed by atoms with Gasteiger partial charge in [0.25, 0.3) is 0 Å². The summed E-state index contributed by atoms with van der Waals surface area (Å²) in [5.74, 6) is -0.150. The molecule has 0 aromatic heterocycles. The fourth-order valence-electron chi connectivity index (χ4n) is 14.2. The van der Waals surface area contributed by atoms with E-state index in [1.807, 2.05) is 6.08 Å². The molecule has 570 valence electrons. The molecule has 0 aliphatic carbocycles. The first-order chi connectivity index (χ1) is 47.2. The fraction of sp³-hybridized carbons (Fsp3) is 0.953. The third kappa shape index (κ3) is 62.2. The van der Waals surface area contributed by atoms with Crippen molar-refractivity contribution < 1.29 is 49.3 Å². The number of esters is 1. The second-order valence-corrected chi connectivity index (χ2v) is 30.3. The Labute approximate surface area is 595 Å². The minimum atomic E-state index is -1.57. The van der Waals surface area contributed by atoms with Gasteiger partial charge in [-0.15, -0.1) is 0 Å². The predicted octanol–water partition coefficient (Wildman–Crippen LogP) is 23.7. The molecule has 0 spiro atoms. The van der Waals surface area contributed by atoms with Gasteiger partial charge in [-0.3, -0.25) is 9.59 Å². The summed E-state index contributed by atoms with van der Waals surface area (Å²) in [6.07, 6.45) is 85.8. The van der Waals surface area contributed by atoms with Crippen LogP contribution in [0.3, 0.4) is 0 Å². The van der Waals surface area contributed by atoms with E-state index in [4.69, 9.17) is 14.2 Å². The van der Waals surface area contributed by atoms with Crippen molar-refractivity contribution in [3.63, 3.8) is 0 Å². The van der Waals surface area contributed by atoms with Crippen molar-refractivity contribution in [3.05, 3.63) is 12.2 Å². The molecule has 1 amide bonds. The van der Waals surface area contributed by atoms with Crippen LogP contribution in [-0.2, 0) is 23.8 Å². The second-order valence-electron chi connectivity index (χ2n) is 30.3. The van der Waals surface area contributed by atoms with E-state index in [0.717, 1.165) is 51.4 Å². The van der Waals surface area contributed by atoms with Crippen LogP contribution in [-0.4, -0.2) is 100 Å². The van der Waals surface area contributed by atoms with E-state index < -0.39 is 49.5 Å². The second kappa shape index (κ2) is 74.6. The van der Waals surface area contributed by atoms with Gasteiger partial charge in [0.2, 0.25) is 5.91 Å². The lowest BCUT2D eigenvalue weighted by molar-refractivity contribution is -0.302. The molecule has 1 aliphatic heterocycles. The number of aliphatic hydroxyl groups is 5. The molecule has 1 fully saturated rings. The lowest BCUT2D eigenvalue weighted by Crippen LogP contribution is -2.60. The average molecular weight is 1360 g/mol. The summed E-state index contributed by atoms with van der Waals surface area (Å²) in [6.45, 7) is 4.40. The maximum absolute atomic E-state index is 13.1. The molecule has 7 unspecified atom stereocenters. The number of hydrogen-bond donors (Lipinski definition) is 6. The molecule has 0 saturated carbocycles. The summed E-state index contributed by atoms with van der Waals surface area (Å²) in [7, 11) is 0. The van der Waals surface area contributed by atoms with Crippen LogP contribution in [0.4, 0.5) is 0 Å². The van der Waals surface area contributed by atoms with Crippen LogP contribution < -0.4 is 5.32 Å². The van der Waals surface area contributed by atoms with Crippen molar-refractivity contribution in [1.82, 2.24) is 5.32 Å². The van der Waals surface area contributed by atoms with E-state index in [9.17, 15) is 35.1 Å². The summed E-state index contributed by atoms with van der Waals surface area (Å²) in [4.78, 5) is 25.2. The van der Waals surface area contributed by atoms with Crippen LogP contribution in [0.15, 0.2) is 12.2 Å². The maximum Gasteiger partial charge on any atom is 0.305 e. The van der Waals surface area contributed by atoms with E-state index in [2.05, 4.69) is 19.2 Å². The number of ether oxygens (including phenoxy) is 3. The molecule has 7 atom stereocenters. The van der Waals surface area contributed by atoms with Gasteiger partial charge in [-0.2, -0.15) is 0 Å². The fourth-order valence-corrected chi connectivity index (χ4v) is 14.2. The molecule has 1 rings (SSSR count). The molecule has 0 aromatic rings. The topological polar surface area (TPSA) is 175 Å². The Morgan fingerprint density at radius 2 is 0.656 bits per heavy atom. The predicted molar refractivity (Wildman–Crippen MR) is 408 cm³/mol. The molecule has 1 saturated heterocycles. The van der Waals surface area contributed by atoms with Gasteiger partial charge < -0.3 is 45.1 Å². The van der Waals surface area contributed by atoms with Crippen LogP contribution in [0, 0.1) is 0 Å². The van der Waals surface area contributed by atoms with Crippen molar-refractivity contribution >= 4 is 11.9 Å². The SMILES string of the molecule is CCCCCCCCCC/C=C/C(O)C(COC1OC(CO)C(O)C(O)C1O)NC(=O)CCCCCCCCCCCCCCCCCCCCCCCCCCCCCCCCCCCCCCCCCOC(=O)CCCCCCCCCCCCCCCCCCCCC. The molecular weight excluding hydrogens is 1190 g/mol. The van der Waals surface area contributed by atoms with Crippen molar-refractivity contribution in [1.29, 1.82) is 0 Å². The average Bonchev–Trinajstić information content (AvgIpc) is 0.836. The molecule has 96 heavy (non-hydrogen) atoms. The molecule has 0 bridgehead atoms. The van der Waals surface area contributed by atoms with Crippen LogP contribution in [0.1, 0.15) is 457 Å². The Hall–Kier alpha value is -1.60. The molecule has 1 aliphatic rings. The summed E-state index contributed by atoms with van der Waals surface area (Å²) in [5.41, 5.74) is 0. The first-order valence-corrected chi connectivity index (χ1v) is 43.0. The number of amides is 1. The third-order valence-corrected chi connectivity index (χ3v) is 20.9. The van der Waals surface area contributed by atoms with Gasteiger partial charge in [-0.25, -0.2) is 0 Å². The Bertz CT molecular complexity index is 1600. The van der Waals surface area contributed by atoms with Gasteiger partial charge in [0, 0.05) is 12.8 Å². The number of unbranched alkanes of at least 4 members (excludes halogenated alkanes) is 64. The highest BCUT2D eigenvalue weighted by Gasteiger charge is 2.44. The summed E-state index contributed by atoms with van der Waals surface area (Å²) in [5, 5.41) is 54.4. The van der Waals surface area contributed by atoms with Crippen molar-refractivity contribution in [2.45, 2.75) is 500 Å². The zero-order chi connectivity index (χ0) is 69.4. The largest absolute Gasteiger partial charge is 0.466 e. The molecule has 6 N–H and O–H groups in total. The van der Waals surface area contributed by atoms with Crippen LogP contribution in [0.25, 0.3) is 0 Å². The molecule has 1 heterocycles. The Kier molecular flexibility index (Phi) is 71.8. The lowest BCUT2D eigenvalue weighted by atomic mass is 9.99.